The van der Waals surface area contributed by atoms with E-state index in [4.69, 9.17) is 14.7 Å². The van der Waals surface area contributed by atoms with E-state index >= 15 is 0 Å². The number of unbranched alkanes of at least 4 members (excludes halogenated alkanes) is 1. The average molecular weight is 205 g/mol. The summed E-state index contributed by atoms with van der Waals surface area (Å²) in [6, 6.07) is 7.34. The summed E-state index contributed by atoms with van der Waals surface area (Å²) in [6.07, 6.45) is 2.08. The number of hydrogen-bond donors (Lipinski definition) is 0. The highest BCUT2D eigenvalue weighted by Crippen LogP contribution is 2.23. The van der Waals surface area contributed by atoms with Crippen LogP contribution in [-0.4, -0.2) is 13.7 Å². The fourth-order valence-electron chi connectivity index (χ4n) is 1.18. The summed E-state index contributed by atoms with van der Waals surface area (Å²) in [4.78, 5) is 0. The van der Waals surface area contributed by atoms with Gasteiger partial charge in [0.15, 0.2) is 0 Å². The lowest BCUT2D eigenvalue weighted by Crippen LogP contribution is -1.98. The molecule has 1 aromatic carbocycles. The summed E-state index contributed by atoms with van der Waals surface area (Å²) in [5.41, 5.74) is 0.519. The van der Waals surface area contributed by atoms with E-state index < -0.39 is 0 Å². The molecule has 0 heterocycles. The zero-order valence-electron chi connectivity index (χ0n) is 9.12. The highest BCUT2D eigenvalue weighted by Gasteiger charge is 2.04. The Bertz CT molecular complexity index is 355. The monoisotopic (exact) mass is 205 g/mol. The molecule has 0 aliphatic rings. The van der Waals surface area contributed by atoms with Crippen molar-refractivity contribution in [2.24, 2.45) is 0 Å². The van der Waals surface area contributed by atoms with Crippen LogP contribution in [0.15, 0.2) is 18.2 Å². The van der Waals surface area contributed by atoms with Crippen LogP contribution >= 0.6 is 0 Å². The van der Waals surface area contributed by atoms with Gasteiger partial charge in [-0.1, -0.05) is 13.3 Å². The molecular weight excluding hydrogens is 190 g/mol. The quantitative estimate of drug-likeness (QED) is 0.694. The number of nitriles is 1. The van der Waals surface area contributed by atoms with Crippen molar-refractivity contribution in [1.29, 1.82) is 5.26 Å². The SMILES string of the molecule is CCCCOc1ccc(OC)cc1C#N. The first kappa shape index (κ1) is 11.4. The van der Waals surface area contributed by atoms with Gasteiger partial charge in [0, 0.05) is 6.07 Å². The molecule has 0 aliphatic carbocycles. The van der Waals surface area contributed by atoms with Gasteiger partial charge in [-0.2, -0.15) is 5.26 Å². The first-order chi connectivity index (χ1) is 7.31. The molecule has 0 radical (unpaired) electrons. The number of benzene rings is 1. The lowest BCUT2D eigenvalue weighted by Gasteiger charge is -2.08. The maximum Gasteiger partial charge on any atom is 0.137 e. The van der Waals surface area contributed by atoms with Crippen molar-refractivity contribution < 1.29 is 9.47 Å². The van der Waals surface area contributed by atoms with Gasteiger partial charge < -0.3 is 9.47 Å². The highest BCUT2D eigenvalue weighted by atomic mass is 16.5. The number of nitrogens with zero attached hydrogens (tertiary/aromatic N) is 1. The van der Waals surface area contributed by atoms with Crippen LogP contribution in [0.5, 0.6) is 11.5 Å². The maximum atomic E-state index is 8.91. The molecule has 0 aliphatic heterocycles. The lowest BCUT2D eigenvalue weighted by atomic mass is 10.2. The number of hydrogen-bond acceptors (Lipinski definition) is 3. The predicted molar refractivity (Wildman–Crippen MR) is 58.1 cm³/mol. The van der Waals surface area contributed by atoms with Crippen molar-refractivity contribution in [2.45, 2.75) is 19.8 Å². The molecule has 0 saturated carbocycles. The molecule has 0 aromatic heterocycles. The summed E-state index contributed by atoms with van der Waals surface area (Å²) >= 11 is 0. The van der Waals surface area contributed by atoms with E-state index in [1.54, 1.807) is 25.3 Å². The minimum atomic E-state index is 0.519. The Balaban J connectivity index is 2.75. The van der Waals surface area contributed by atoms with E-state index in [1.165, 1.54) is 0 Å². The van der Waals surface area contributed by atoms with E-state index in [-0.39, 0.29) is 0 Å². The van der Waals surface area contributed by atoms with Crippen LogP contribution in [-0.2, 0) is 0 Å². The van der Waals surface area contributed by atoms with Gasteiger partial charge in [-0.25, -0.2) is 0 Å². The second-order valence-electron chi connectivity index (χ2n) is 3.18. The molecule has 0 spiro atoms. The lowest BCUT2D eigenvalue weighted by molar-refractivity contribution is 0.308. The predicted octanol–water partition coefficient (Wildman–Crippen LogP) is 2.75. The molecule has 1 rings (SSSR count). The second-order valence-corrected chi connectivity index (χ2v) is 3.18. The van der Waals surface area contributed by atoms with Crippen LogP contribution in [0.4, 0.5) is 0 Å². The molecule has 15 heavy (non-hydrogen) atoms. The number of methoxy groups -OCH3 is 1. The smallest absolute Gasteiger partial charge is 0.137 e. The molecule has 3 heteroatoms. The molecule has 0 fully saturated rings. The number of ether oxygens (including phenoxy) is 2. The average Bonchev–Trinajstić information content (AvgIpc) is 2.29. The second kappa shape index (κ2) is 5.92. The van der Waals surface area contributed by atoms with E-state index in [0.717, 1.165) is 12.8 Å². The minimum absolute atomic E-state index is 0.519. The van der Waals surface area contributed by atoms with Gasteiger partial charge in [0.25, 0.3) is 0 Å². The molecule has 1 aromatic rings. The Labute approximate surface area is 90.2 Å². The van der Waals surface area contributed by atoms with Crippen molar-refractivity contribution in [2.75, 3.05) is 13.7 Å². The van der Waals surface area contributed by atoms with Gasteiger partial charge in [-0.05, 0) is 18.6 Å². The molecule has 0 unspecified atom stereocenters. The van der Waals surface area contributed by atoms with Gasteiger partial charge in [0.05, 0.1) is 19.3 Å². The Hall–Kier alpha value is -1.69. The molecule has 0 N–H and O–H groups in total. The van der Waals surface area contributed by atoms with Crippen LogP contribution < -0.4 is 9.47 Å². The molecule has 0 bridgehead atoms. The van der Waals surface area contributed by atoms with Crippen LogP contribution in [0.1, 0.15) is 25.3 Å². The van der Waals surface area contributed by atoms with Gasteiger partial charge >= 0.3 is 0 Å². The standard InChI is InChI=1S/C12H15NO2/c1-3-4-7-15-12-6-5-11(14-2)8-10(12)9-13/h5-6,8H,3-4,7H2,1-2H3. The Morgan fingerprint density at radius 2 is 2.20 bits per heavy atom. The van der Waals surface area contributed by atoms with Crippen molar-refractivity contribution in [3.63, 3.8) is 0 Å². The minimum Gasteiger partial charge on any atom is -0.497 e. The normalized spacial score (nSPS) is 9.40. The van der Waals surface area contributed by atoms with Crippen LogP contribution in [0, 0.1) is 11.3 Å². The molecule has 80 valence electrons. The summed E-state index contributed by atoms with van der Waals surface area (Å²) < 4.78 is 10.5. The van der Waals surface area contributed by atoms with Crippen molar-refractivity contribution in [3.8, 4) is 17.6 Å². The van der Waals surface area contributed by atoms with Crippen molar-refractivity contribution >= 4 is 0 Å². The summed E-state index contributed by atoms with van der Waals surface area (Å²) in [7, 11) is 1.58. The third-order valence-electron chi connectivity index (χ3n) is 2.06. The van der Waals surface area contributed by atoms with Crippen molar-refractivity contribution in [3.05, 3.63) is 23.8 Å². The summed E-state index contributed by atoms with van der Waals surface area (Å²) in [5, 5.41) is 8.91. The summed E-state index contributed by atoms with van der Waals surface area (Å²) in [5.74, 6) is 1.31. The van der Waals surface area contributed by atoms with Gasteiger partial charge in [-0.3, -0.25) is 0 Å². The third-order valence-corrected chi connectivity index (χ3v) is 2.06. The Morgan fingerprint density at radius 1 is 1.40 bits per heavy atom. The zero-order chi connectivity index (χ0) is 11.1. The fourth-order valence-corrected chi connectivity index (χ4v) is 1.18. The highest BCUT2D eigenvalue weighted by molar-refractivity contribution is 5.47. The molecule has 0 saturated heterocycles. The third kappa shape index (κ3) is 3.17. The van der Waals surface area contributed by atoms with Crippen LogP contribution in [0.25, 0.3) is 0 Å². The molecule has 0 atom stereocenters. The molecule has 0 amide bonds. The zero-order valence-corrected chi connectivity index (χ0v) is 9.12. The van der Waals surface area contributed by atoms with Gasteiger partial charge in [0.1, 0.15) is 17.6 Å². The van der Waals surface area contributed by atoms with E-state index in [1.807, 2.05) is 0 Å². The Kier molecular flexibility index (Phi) is 4.49. The van der Waals surface area contributed by atoms with Gasteiger partial charge in [-0.15, -0.1) is 0 Å². The Morgan fingerprint density at radius 3 is 2.80 bits per heavy atom. The summed E-state index contributed by atoms with van der Waals surface area (Å²) in [6.45, 7) is 2.75. The maximum absolute atomic E-state index is 8.91. The molecular formula is C12H15NO2. The van der Waals surface area contributed by atoms with Crippen molar-refractivity contribution in [1.82, 2.24) is 0 Å². The number of rotatable bonds is 5. The van der Waals surface area contributed by atoms with E-state index in [2.05, 4.69) is 13.0 Å². The molecule has 3 nitrogen and oxygen atoms in total. The van der Waals surface area contributed by atoms with E-state index in [9.17, 15) is 0 Å². The van der Waals surface area contributed by atoms with Crippen LogP contribution in [0.3, 0.4) is 0 Å². The van der Waals surface area contributed by atoms with E-state index in [0.29, 0.717) is 23.7 Å². The fraction of sp³-hybridized carbons (Fsp3) is 0.417. The topological polar surface area (TPSA) is 42.2 Å². The first-order valence-corrected chi connectivity index (χ1v) is 5.02. The first-order valence-electron chi connectivity index (χ1n) is 5.02. The van der Waals surface area contributed by atoms with Crippen LogP contribution in [0.2, 0.25) is 0 Å². The van der Waals surface area contributed by atoms with Gasteiger partial charge in [0.2, 0.25) is 0 Å². The largest absolute Gasteiger partial charge is 0.497 e.